The van der Waals surface area contributed by atoms with Gasteiger partial charge in [-0.05, 0) is 44.7 Å². The zero-order chi connectivity index (χ0) is 15.5. The standard InChI is InChI=1S/C14H18N4O2S/c1-10-8-11(2)17-14(16-10)18-21(19,20)13-6-4-12(5-7-13)9-15-3/h4-8,15H,9H2,1-3H3,(H,16,17,18). The zero-order valence-electron chi connectivity index (χ0n) is 12.2. The number of sulfonamides is 1. The average Bonchev–Trinajstić information content (AvgIpc) is 2.38. The summed E-state index contributed by atoms with van der Waals surface area (Å²) >= 11 is 0. The van der Waals surface area contributed by atoms with Crippen molar-refractivity contribution in [3.8, 4) is 0 Å². The zero-order valence-corrected chi connectivity index (χ0v) is 13.0. The van der Waals surface area contributed by atoms with E-state index < -0.39 is 10.0 Å². The second kappa shape index (κ2) is 6.19. The van der Waals surface area contributed by atoms with Crippen molar-refractivity contribution >= 4 is 16.0 Å². The number of nitrogens with one attached hydrogen (secondary N) is 2. The van der Waals surface area contributed by atoms with Gasteiger partial charge in [0.05, 0.1) is 4.90 Å². The Kier molecular flexibility index (Phi) is 4.54. The molecular formula is C14H18N4O2S. The van der Waals surface area contributed by atoms with Gasteiger partial charge in [0.1, 0.15) is 0 Å². The molecule has 21 heavy (non-hydrogen) atoms. The molecule has 0 saturated heterocycles. The van der Waals surface area contributed by atoms with Gasteiger partial charge in [0.15, 0.2) is 0 Å². The summed E-state index contributed by atoms with van der Waals surface area (Å²) in [4.78, 5) is 8.35. The normalized spacial score (nSPS) is 11.4. The molecule has 2 N–H and O–H groups in total. The van der Waals surface area contributed by atoms with Crippen LogP contribution in [0.4, 0.5) is 5.95 Å². The lowest BCUT2D eigenvalue weighted by Gasteiger charge is -2.08. The Bertz CT molecular complexity index is 707. The smallest absolute Gasteiger partial charge is 0.264 e. The molecule has 0 fully saturated rings. The second-order valence-corrected chi connectivity index (χ2v) is 6.44. The number of aryl methyl sites for hydroxylation is 2. The van der Waals surface area contributed by atoms with Gasteiger partial charge in [0, 0.05) is 17.9 Å². The highest BCUT2D eigenvalue weighted by molar-refractivity contribution is 7.92. The summed E-state index contributed by atoms with van der Waals surface area (Å²) in [6.07, 6.45) is 0. The van der Waals surface area contributed by atoms with Gasteiger partial charge in [0.25, 0.3) is 10.0 Å². The molecule has 2 rings (SSSR count). The van der Waals surface area contributed by atoms with Crippen LogP contribution in [0.2, 0.25) is 0 Å². The van der Waals surface area contributed by atoms with Crippen LogP contribution in [0.15, 0.2) is 35.2 Å². The Morgan fingerprint density at radius 3 is 2.14 bits per heavy atom. The van der Waals surface area contributed by atoms with E-state index in [0.717, 1.165) is 5.56 Å². The minimum absolute atomic E-state index is 0.0896. The van der Waals surface area contributed by atoms with Gasteiger partial charge >= 0.3 is 0 Å². The summed E-state index contributed by atoms with van der Waals surface area (Å²) in [6, 6.07) is 8.46. The van der Waals surface area contributed by atoms with Crippen LogP contribution in [0, 0.1) is 13.8 Å². The first-order chi connectivity index (χ1) is 9.90. The van der Waals surface area contributed by atoms with Gasteiger partial charge in [-0.25, -0.2) is 23.1 Å². The molecule has 0 saturated carbocycles. The largest absolute Gasteiger partial charge is 0.316 e. The minimum atomic E-state index is -3.67. The number of rotatable bonds is 5. The number of hydrogen-bond donors (Lipinski definition) is 2. The number of nitrogens with zero attached hydrogens (tertiary/aromatic N) is 2. The summed E-state index contributed by atoms with van der Waals surface area (Å²) in [5.41, 5.74) is 2.44. The maximum atomic E-state index is 12.3. The van der Waals surface area contributed by atoms with E-state index in [-0.39, 0.29) is 10.8 Å². The van der Waals surface area contributed by atoms with Gasteiger partial charge in [-0.2, -0.15) is 0 Å². The van der Waals surface area contributed by atoms with E-state index in [9.17, 15) is 8.42 Å². The molecule has 0 aliphatic carbocycles. The van der Waals surface area contributed by atoms with E-state index in [0.29, 0.717) is 17.9 Å². The first-order valence-corrected chi connectivity index (χ1v) is 7.97. The van der Waals surface area contributed by atoms with Crippen molar-refractivity contribution in [3.63, 3.8) is 0 Å². The van der Waals surface area contributed by atoms with E-state index >= 15 is 0 Å². The Hall–Kier alpha value is -1.99. The molecule has 0 bridgehead atoms. The number of benzene rings is 1. The van der Waals surface area contributed by atoms with Crippen molar-refractivity contribution in [3.05, 3.63) is 47.3 Å². The van der Waals surface area contributed by atoms with E-state index in [2.05, 4.69) is 20.0 Å². The summed E-state index contributed by atoms with van der Waals surface area (Å²) in [6.45, 7) is 4.27. The maximum Gasteiger partial charge on any atom is 0.264 e. The molecule has 0 unspecified atom stereocenters. The molecule has 0 radical (unpaired) electrons. The minimum Gasteiger partial charge on any atom is -0.316 e. The highest BCUT2D eigenvalue weighted by Gasteiger charge is 2.15. The molecule has 2 aromatic rings. The van der Waals surface area contributed by atoms with Crippen LogP contribution >= 0.6 is 0 Å². The molecular weight excluding hydrogens is 288 g/mol. The molecule has 112 valence electrons. The average molecular weight is 306 g/mol. The molecule has 0 atom stereocenters. The predicted molar refractivity (Wildman–Crippen MR) is 81.5 cm³/mol. The van der Waals surface area contributed by atoms with Crippen molar-refractivity contribution in [1.82, 2.24) is 15.3 Å². The summed E-state index contributed by atoms with van der Waals surface area (Å²) in [5.74, 6) is 0.0896. The first-order valence-electron chi connectivity index (χ1n) is 6.49. The molecule has 0 aliphatic rings. The monoisotopic (exact) mass is 306 g/mol. The van der Waals surface area contributed by atoms with Gasteiger partial charge in [0.2, 0.25) is 5.95 Å². The maximum absolute atomic E-state index is 12.3. The van der Waals surface area contributed by atoms with Crippen LogP contribution < -0.4 is 10.0 Å². The molecule has 1 aromatic carbocycles. The topological polar surface area (TPSA) is 84.0 Å². The van der Waals surface area contributed by atoms with Crippen LogP contribution in [0.5, 0.6) is 0 Å². The van der Waals surface area contributed by atoms with Crippen LogP contribution in [0.3, 0.4) is 0 Å². The van der Waals surface area contributed by atoms with Crippen molar-refractivity contribution in [2.24, 2.45) is 0 Å². The molecule has 7 heteroatoms. The van der Waals surface area contributed by atoms with Crippen LogP contribution in [-0.4, -0.2) is 25.4 Å². The van der Waals surface area contributed by atoms with E-state index in [1.165, 1.54) is 0 Å². The number of anilines is 1. The third kappa shape index (κ3) is 3.99. The summed E-state index contributed by atoms with van der Waals surface area (Å²) in [5, 5.41) is 3.01. The van der Waals surface area contributed by atoms with Gasteiger partial charge < -0.3 is 5.32 Å². The Balaban J connectivity index is 2.25. The quantitative estimate of drug-likeness (QED) is 0.877. The highest BCUT2D eigenvalue weighted by Crippen LogP contribution is 2.14. The van der Waals surface area contributed by atoms with Crippen molar-refractivity contribution < 1.29 is 8.42 Å². The van der Waals surface area contributed by atoms with Crippen LogP contribution in [-0.2, 0) is 16.6 Å². The molecule has 1 heterocycles. The summed E-state index contributed by atoms with van der Waals surface area (Å²) in [7, 11) is -1.84. The Morgan fingerprint density at radius 2 is 1.62 bits per heavy atom. The first kappa shape index (κ1) is 15.4. The van der Waals surface area contributed by atoms with Crippen LogP contribution in [0.1, 0.15) is 17.0 Å². The molecule has 0 aliphatic heterocycles. The molecule has 1 aromatic heterocycles. The van der Waals surface area contributed by atoms with Crippen molar-refractivity contribution in [2.45, 2.75) is 25.3 Å². The third-order valence-corrected chi connectivity index (χ3v) is 4.17. The Labute approximate surface area is 124 Å². The SMILES string of the molecule is CNCc1ccc(S(=O)(=O)Nc2nc(C)cc(C)n2)cc1. The lowest BCUT2D eigenvalue weighted by atomic mass is 10.2. The van der Waals surface area contributed by atoms with E-state index in [1.807, 2.05) is 7.05 Å². The molecule has 0 spiro atoms. The predicted octanol–water partition coefficient (Wildman–Crippen LogP) is 1.61. The molecule has 6 nitrogen and oxygen atoms in total. The van der Waals surface area contributed by atoms with Crippen molar-refractivity contribution in [1.29, 1.82) is 0 Å². The summed E-state index contributed by atoms with van der Waals surface area (Å²) < 4.78 is 27.0. The van der Waals surface area contributed by atoms with Crippen molar-refractivity contribution in [2.75, 3.05) is 11.8 Å². The van der Waals surface area contributed by atoms with E-state index in [4.69, 9.17) is 0 Å². The Morgan fingerprint density at radius 1 is 1.05 bits per heavy atom. The highest BCUT2D eigenvalue weighted by atomic mass is 32.2. The van der Waals surface area contributed by atoms with Crippen LogP contribution in [0.25, 0.3) is 0 Å². The number of hydrogen-bond acceptors (Lipinski definition) is 5. The lowest BCUT2D eigenvalue weighted by molar-refractivity contribution is 0.600. The fraction of sp³-hybridized carbons (Fsp3) is 0.286. The third-order valence-electron chi connectivity index (χ3n) is 2.82. The molecule has 0 amide bonds. The van der Waals surface area contributed by atoms with E-state index in [1.54, 1.807) is 44.2 Å². The lowest BCUT2D eigenvalue weighted by Crippen LogP contribution is -2.16. The second-order valence-electron chi connectivity index (χ2n) is 4.75. The van der Waals surface area contributed by atoms with Gasteiger partial charge in [-0.3, -0.25) is 0 Å². The fourth-order valence-electron chi connectivity index (χ4n) is 1.94. The van der Waals surface area contributed by atoms with Gasteiger partial charge in [-0.1, -0.05) is 12.1 Å². The van der Waals surface area contributed by atoms with Gasteiger partial charge in [-0.15, -0.1) is 0 Å². The fourth-order valence-corrected chi connectivity index (χ4v) is 2.89. The number of aromatic nitrogens is 2.